The molecular weight excluding hydrogens is 227 g/mol. The van der Waals surface area contributed by atoms with E-state index in [0.717, 1.165) is 17.7 Å². The first-order chi connectivity index (χ1) is 6.02. The Morgan fingerprint density at radius 1 is 1.38 bits per heavy atom. The van der Waals surface area contributed by atoms with Crippen LogP contribution in [-0.4, -0.2) is 13.8 Å². The maximum atomic E-state index is 10.9. The van der Waals surface area contributed by atoms with Crippen molar-refractivity contribution in [3.63, 3.8) is 0 Å². The van der Waals surface area contributed by atoms with E-state index in [1.54, 1.807) is 0 Å². The van der Waals surface area contributed by atoms with Crippen LogP contribution in [0, 0.1) is 5.92 Å². The van der Waals surface area contributed by atoms with Gasteiger partial charge >= 0.3 is 86.4 Å². The van der Waals surface area contributed by atoms with Crippen LogP contribution in [0.5, 0.6) is 0 Å². The summed E-state index contributed by atoms with van der Waals surface area (Å²) in [6, 6.07) is 0. The second-order valence-corrected chi connectivity index (χ2v) is 7.29. The molecule has 0 N–H and O–H groups in total. The quantitative estimate of drug-likeness (QED) is 0.516. The molecule has 1 nitrogen and oxygen atoms in total. The minimum atomic E-state index is -1.43. The Hall–Kier alpha value is 0.0595. The van der Waals surface area contributed by atoms with E-state index in [0.29, 0.717) is 0 Å². The summed E-state index contributed by atoms with van der Waals surface area (Å²) in [5.41, 5.74) is 1.40. The molecule has 0 aliphatic carbocycles. The summed E-state index contributed by atoms with van der Waals surface area (Å²) in [4.78, 5) is 0. The SMILES string of the molecule is CC(C)=CCC[C@H](C)CC[Se](C)=O. The molecule has 0 heterocycles. The van der Waals surface area contributed by atoms with E-state index in [9.17, 15) is 3.83 Å². The Morgan fingerprint density at radius 2 is 2.00 bits per heavy atom. The molecule has 1 unspecified atom stereocenters. The van der Waals surface area contributed by atoms with Crippen LogP contribution in [-0.2, 0) is 3.83 Å². The van der Waals surface area contributed by atoms with Gasteiger partial charge in [0, 0.05) is 0 Å². The zero-order valence-electron chi connectivity index (χ0n) is 9.30. The Bertz CT molecular complexity index is 181. The van der Waals surface area contributed by atoms with Crippen molar-refractivity contribution in [3.05, 3.63) is 11.6 Å². The Kier molecular flexibility index (Phi) is 7.50. The summed E-state index contributed by atoms with van der Waals surface area (Å²) in [5, 5.41) is 0.954. The average Bonchev–Trinajstić information content (AvgIpc) is 2.00. The molecule has 0 rings (SSSR count). The summed E-state index contributed by atoms with van der Waals surface area (Å²) in [6.45, 7) is 6.53. The Morgan fingerprint density at radius 3 is 2.46 bits per heavy atom. The van der Waals surface area contributed by atoms with Crippen molar-refractivity contribution < 1.29 is 3.83 Å². The summed E-state index contributed by atoms with van der Waals surface area (Å²) in [5.74, 6) is 2.61. The third kappa shape index (κ3) is 9.98. The zero-order chi connectivity index (χ0) is 10.3. The van der Waals surface area contributed by atoms with E-state index in [-0.39, 0.29) is 0 Å². The van der Waals surface area contributed by atoms with Gasteiger partial charge < -0.3 is 0 Å². The molecule has 0 aromatic heterocycles. The van der Waals surface area contributed by atoms with Gasteiger partial charge in [-0.3, -0.25) is 0 Å². The van der Waals surface area contributed by atoms with Gasteiger partial charge in [0.15, 0.2) is 0 Å². The third-order valence-electron chi connectivity index (χ3n) is 2.11. The second-order valence-electron chi connectivity index (χ2n) is 4.03. The molecule has 2 heteroatoms. The molecule has 0 aromatic carbocycles. The summed E-state index contributed by atoms with van der Waals surface area (Å²) < 4.78 is 10.9. The summed E-state index contributed by atoms with van der Waals surface area (Å²) in [6.07, 6.45) is 5.84. The molecule has 0 aliphatic heterocycles. The van der Waals surface area contributed by atoms with Crippen LogP contribution in [0.4, 0.5) is 0 Å². The van der Waals surface area contributed by atoms with Gasteiger partial charge in [0.2, 0.25) is 0 Å². The fraction of sp³-hybridized carbons (Fsp3) is 0.818. The van der Waals surface area contributed by atoms with E-state index in [2.05, 4.69) is 26.8 Å². The van der Waals surface area contributed by atoms with Crippen molar-refractivity contribution in [1.82, 2.24) is 0 Å². The maximum absolute atomic E-state index is 10.9. The van der Waals surface area contributed by atoms with Crippen molar-refractivity contribution in [1.29, 1.82) is 0 Å². The topological polar surface area (TPSA) is 17.1 Å². The summed E-state index contributed by atoms with van der Waals surface area (Å²) in [7, 11) is 0. The number of allylic oxidation sites excluding steroid dienone is 2. The standard InChI is InChI=1S/C11H22OSe/c1-10(2)6-5-7-11(3)8-9-13(4)12/h6,11H,5,7-9H2,1-4H3/t11-,13?/m0/s1. The molecule has 0 aliphatic rings. The predicted molar refractivity (Wildman–Crippen MR) is 59.6 cm³/mol. The zero-order valence-corrected chi connectivity index (χ0v) is 11.0. The molecule has 0 spiro atoms. The van der Waals surface area contributed by atoms with Gasteiger partial charge in [-0.05, 0) is 0 Å². The van der Waals surface area contributed by atoms with Gasteiger partial charge in [-0.2, -0.15) is 0 Å². The molecular formula is C11H22OSe. The van der Waals surface area contributed by atoms with Gasteiger partial charge in [-0.15, -0.1) is 0 Å². The second kappa shape index (κ2) is 7.46. The van der Waals surface area contributed by atoms with Crippen LogP contribution in [0.3, 0.4) is 0 Å². The molecule has 0 fully saturated rings. The molecule has 0 saturated heterocycles. The van der Waals surface area contributed by atoms with Crippen molar-refractivity contribution in [2.45, 2.75) is 51.2 Å². The van der Waals surface area contributed by atoms with Gasteiger partial charge in [0.1, 0.15) is 0 Å². The van der Waals surface area contributed by atoms with Gasteiger partial charge in [-0.1, -0.05) is 0 Å². The molecule has 0 aromatic rings. The Balaban J connectivity index is 3.46. The van der Waals surface area contributed by atoms with Gasteiger partial charge in [-0.25, -0.2) is 0 Å². The average molecular weight is 249 g/mol. The third-order valence-corrected chi connectivity index (χ3v) is 3.81. The normalized spacial score (nSPS) is 15.1. The minimum absolute atomic E-state index is 0.732. The number of hydrogen-bond acceptors (Lipinski definition) is 1. The first-order valence-electron chi connectivity index (χ1n) is 4.95. The number of rotatable bonds is 6. The molecule has 13 heavy (non-hydrogen) atoms. The van der Waals surface area contributed by atoms with Gasteiger partial charge in [0.25, 0.3) is 0 Å². The molecule has 0 saturated carbocycles. The van der Waals surface area contributed by atoms with Crippen LogP contribution >= 0.6 is 0 Å². The van der Waals surface area contributed by atoms with E-state index in [4.69, 9.17) is 0 Å². The molecule has 78 valence electrons. The first-order valence-corrected chi connectivity index (χ1v) is 8.58. The van der Waals surface area contributed by atoms with Crippen LogP contribution < -0.4 is 0 Å². The fourth-order valence-corrected chi connectivity index (χ4v) is 2.71. The molecule has 0 bridgehead atoms. The van der Waals surface area contributed by atoms with Crippen molar-refractivity contribution in [2.24, 2.45) is 5.92 Å². The monoisotopic (exact) mass is 250 g/mol. The van der Waals surface area contributed by atoms with E-state index in [1.165, 1.54) is 18.4 Å². The van der Waals surface area contributed by atoms with Crippen molar-refractivity contribution in [3.8, 4) is 0 Å². The van der Waals surface area contributed by atoms with E-state index in [1.807, 2.05) is 5.82 Å². The number of hydrogen-bond donors (Lipinski definition) is 0. The van der Waals surface area contributed by atoms with Crippen LogP contribution in [0.2, 0.25) is 11.1 Å². The fourth-order valence-electron chi connectivity index (χ4n) is 1.17. The summed E-state index contributed by atoms with van der Waals surface area (Å²) >= 11 is -1.43. The van der Waals surface area contributed by atoms with Crippen molar-refractivity contribution >= 4 is 13.8 Å². The van der Waals surface area contributed by atoms with Crippen LogP contribution in [0.1, 0.15) is 40.0 Å². The van der Waals surface area contributed by atoms with Crippen LogP contribution in [0.25, 0.3) is 0 Å². The van der Waals surface area contributed by atoms with E-state index >= 15 is 0 Å². The molecule has 2 atom stereocenters. The molecule has 0 amide bonds. The predicted octanol–water partition coefficient (Wildman–Crippen LogP) is 3.81. The van der Waals surface area contributed by atoms with Gasteiger partial charge in [0.05, 0.1) is 0 Å². The van der Waals surface area contributed by atoms with Crippen molar-refractivity contribution in [2.75, 3.05) is 0 Å². The van der Waals surface area contributed by atoms with E-state index < -0.39 is 13.8 Å². The first kappa shape index (κ1) is 13.1. The molecule has 0 radical (unpaired) electrons. The van der Waals surface area contributed by atoms with Crippen LogP contribution in [0.15, 0.2) is 11.6 Å². The Labute approximate surface area is 86.7 Å².